The largest absolute Gasteiger partial charge is 0.465 e. The van der Waals surface area contributed by atoms with Crippen LogP contribution in [0.25, 0.3) is 0 Å². The highest BCUT2D eigenvalue weighted by atomic mass is 32.2. The SMILES string of the molecule is CCOC(=O)CSc1c(N)cccc1C(=O)OC. The van der Waals surface area contributed by atoms with Crippen LogP contribution in [0.5, 0.6) is 0 Å². The molecule has 1 rings (SSSR count). The van der Waals surface area contributed by atoms with Gasteiger partial charge in [-0.1, -0.05) is 6.07 Å². The van der Waals surface area contributed by atoms with Gasteiger partial charge in [0.15, 0.2) is 0 Å². The monoisotopic (exact) mass is 269 g/mol. The summed E-state index contributed by atoms with van der Waals surface area (Å²) in [5, 5.41) is 0. The molecule has 0 heterocycles. The van der Waals surface area contributed by atoms with Crippen LogP contribution < -0.4 is 5.73 Å². The smallest absolute Gasteiger partial charge is 0.339 e. The minimum absolute atomic E-state index is 0.103. The summed E-state index contributed by atoms with van der Waals surface area (Å²) in [5.74, 6) is -0.721. The van der Waals surface area contributed by atoms with E-state index in [0.29, 0.717) is 22.8 Å². The van der Waals surface area contributed by atoms with Crippen LogP contribution >= 0.6 is 11.8 Å². The second-order valence-corrected chi connectivity index (χ2v) is 4.29. The summed E-state index contributed by atoms with van der Waals surface area (Å²) in [6, 6.07) is 4.94. The molecule has 1 aromatic rings. The zero-order valence-electron chi connectivity index (χ0n) is 10.3. The number of hydrogen-bond acceptors (Lipinski definition) is 6. The first-order chi connectivity index (χ1) is 8.60. The fourth-order valence-electron chi connectivity index (χ4n) is 1.32. The summed E-state index contributed by atoms with van der Waals surface area (Å²) in [7, 11) is 1.30. The van der Waals surface area contributed by atoms with E-state index in [1.165, 1.54) is 18.9 Å². The van der Waals surface area contributed by atoms with Gasteiger partial charge in [0.2, 0.25) is 0 Å². The highest BCUT2D eigenvalue weighted by molar-refractivity contribution is 8.00. The van der Waals surface area contributed by atoms with Gasteiger partial charge < -0.3 is 15.2 Å². The van der Waals surface area contributed by atoms with Crippen molar-refractivity contribution in [2.24, 2.45) is 0 Å². The number of hydrogen-bond donors (Lipinski definition) is 1. The van der Waals surface area contributed by atoms with Crippen LogP contribution in [0.3, 0.4) is 0 Å². The van der Waals surface area contributed by atoms with Crippen molar-refractivity contribution in [1.82, 2.24) is 0 Å². The first kappa shape index (κ1) is 14.4. The number of nitrogens with two attached hydrogens (primary N) is 1. The molecule has 0 spiro atoms. The van der Waals surface area contributed by atoms with Crippen LogP contribution in [0.1, 0.15) is 17.3 Å². The topological polar surface area (TPSA) is 78.6 Å². The molecule has 1 aromatic carbocycles. The summed E-state index contributed by atoms with van der Waals surface area (Å²) in [6.07, 6.45) is 0. The van der Waals surface area contributed by atoms with E-state index in [-0.39, 0.29) is 11.7 Å². The standard InChI is InChI=1S/C12H15NO4S/c1-3-17-10(14)7-18-11-8(12(15)16-2)5-4-6-9(11)13/h4-6H,3,7,13H2,1-2H3. The first-order valence-corrected chi connectivity index (χ1v) is 6.34. The molecule has 0 fully saturated rings. The predicted octanol–water partition coefficient (Wildman–Crippen LogP) is 1.71. The molecule has 0 unspecified atom stereocenters. The molecular formula is C12H15NO4S. The summed E-state index contributed by atoms with van der Waals surface area (Å²) in [5.41, 5.74) is 6.58. The van der Waals surface area contributed by atoms with Gasteiger partial charge >= 0.3 is 11.9 Å². The van der Waals surface area contributed by atoms with E-state index in [1.807, 2.05) is 0 Å². The van der Waals surface area contributed by atoms with Crippen molar-refractivity contribution in [3.63, 3.8) is 0 Å². The third-order valence-electron chi connectivity index (χ3n) is 2.09. The van der Waals surface area contributed by atoms with Gasteiger partial charge in [-0.3, -0.25) is 4.79 Å². The second kappa shape index (κ2) is 6.90. The molecule has 6 heteroatoms. The van der Waals surface area contributed by atoms with Crippen LogP contribution in [0.15, 0.2) is 23.1 Å². The fraction of sp³-hybridized carbons (Fsp3) is 0.333. The van der Waals surface area contributed by atoms with E-state index in [0.717, 1.165) is 0 Å². The van der Waals surface area contributed by atoms with Gasteiger partial charge in [-0.05, 0) is 19.1 Å². The molecule has 0 atom stereocenters. The average Bonchev–Trinajstić information content (AvgIpc) is 2.36. The van der Waals surface area contributed by atoms with Crippen LogP contribution in [-0.2, 0) is 14.3 Å². The van der Waals surface area contributed by atoms with Crippen LogP contribution in [-0.4, -0.2) is 31.4 Å². The number of nitrogen functional groups attached to an aromatic ring is 1. The van der Waals surface area contributed by atoms with Crippen LogP contribution in [0, 0.1) is 0 Å². The molecule has 0 aliphatic heterocycles. The fourth-order valence-corrected chi connectivity index (χ4v) is 2.21. The third-order valence-corrected chi connectivity index (χ3v) is 3.21. The highest BCUT2D eigenvalue weighted by Gasteiger charge is 2.16. The first-order valence-electron chi connectivity index (χ1n) is 5.35. The Labute approximate surface area is 110 Å². The van der Waals surface area contributed by atoms with E-state index in [4.69, 9.17) is 10.5 Å². The minimum Gasteiger partial charge on any atom is -0.465 e. The van der Waals surface area contributed by atoms with Crippen molar-refractivity contribution in [2.45, 2.75) is 11.8 Å². The van der Waals surface area contributed by atoms with Crippen molar-refractivity contribution in [1.29, 1.82) is 0 Å². The average molecular weight is 269 g/mol. The quantitative estimate of drug-likeness (QED) is 0.498. The maximum absolute atomic E-state index is 11.5. The van der Waals surface area contributed by atoms with Gasteiger partial charge in [0.1, 0.15) is 0 Å². The van der Waals surface area contributed by atoms with Gasteiger partial charge in [-0.25, -0.2) is 4.79 Å². The molecular weight excluding hydrogens is 254 g/mol. The van der Waals surface area contributed by atoms with Gasteiger partial charge in [-0.2, -0.15) is 0 Å². The molecule has 0 amide bonds. The van der Waals surface area contributed by atoms with E-state index in [2.05, 4.69) is 4.74 Å². The summed E-state index contributed by atoms with van der Waals surface area (Å²) >= 11 is 1.17. The molecule has 0 aromatic heterocycles. The Morgan fingerprint density at radius 2 is 2.11 bits per heavy atom. The number of esters is 2. The number of rotatable bonds is 5. The summed E-state index contributed by atoms with van der Waals surface area (Å²) < 4.78 is 9.48. The lowest BCUT2D eigenvalue weighted by Crippen LogP contribution is -2.09. The Balaban J connectivity index is 2.86. The van der Waals surface area contributed by atoms with E-state index < -0.39 is 5.97 Å². The van der Waals surface area contributed by atoms with Gasteiger partial charge in [-0.15, -0.1) is 11.8 Å². The maximum atomic E-state index is 11.5. The zero-order valence-corrected chi connectivity index (χ0v) is 11.1. The second-order valence-electron chi connectivity index (χ2n) is 3.31. The Morgan fingerprint density at radius 3 is 2.72 bits per heavy atom. The van der Waals surface area contributed by atoms with Crippen LogP contribution in [0.2, 0.25) is 0 Å². The Hall–Kier alpha value is -1.69. The van der Waals surface area contributed by atoms with E-state index in [9.17, 15) is 9.59 Å². The minimum atomic E-state index is -0.478. The molecule has 0 saturated heterocycles. The lowest BCUT2D eigenvalue weighted by molar-refractivity contribution is -0.139. The maximum Gasteiger partial charge on any atom is 0.339 e. The number of ether oxygens (including phenoxy) is 2. The van der Waals surface area contributed by atoms with Gasteiger partial charge in [0, 0.05) is 10.6 Å². The van der Waals surface area contributed by atoms with Crippen molar-refractivity contribution < 1.29 is 19.1 Å². The Kier molecular flexibility index (Phi) is 5.51. The summed E-state index contributed by atoms with van der Waals surface area (Å²) in [4.78, 5) is 23.4. The summed E-state index contributed by atoms with van der Waals surface area (Å²) in [6.45, 7) is 2.06. The number of anilines is 1. The molecule has 0 aliphatic rings. The lowest BCUT2D eigenvalue weighted by atomic mass is 10.2. The van der Waals surface area contributed by atoms with E-state index in [1.54, 1.807) is 25.1 Å². The highest BCUT2D eigenvalue weighted by Crippen LogP contribution is 2.29. The van der Waals surface area contributed by atoms with Crippen molar-refractivity contribution in [3.8, 4) is 0 Å². The Morgan fingerprint density at radius 1 is 1.39 bits per heavy atom. The molecule has 0 radical (unpaired) electrons. The lowest BCUT2D eigenvalue weighted by Gasteiger charge is -2.09. The molecule has 2 N–H and O–H groups in total. The normalized spacial score (nSPS) is 9.89. The number of carbonyl (C=O) groups excluding carboxylic acids is 2. The van der Waals surface area contributed by atoms with Crippen molar-refractivity contribution >= 4 is 29.4 Å². The zero-order chi connectivity index (χ0) is 13.5. The van der Waals surface area contributed by atoms with Gasteiger partial charge in [0.05, 0.1) is 25.0 Å². The molecule has 98 valence electrons. The number of thioether (sulfide) groups is 1. The molecule has 0 bridgehead atoms. The van der Waals surface area contributed by atoms with E-state index >= 15 is 0 Å². The predicted molar refractivity (Wildman–Crippen MR) is 69.6 cm³/mol. The number of benzene rings is 1. The molecule has 18 heavy (non-hydrogen) atoms. The third kappa shape index (κ3) is 3.66. The van der Waals surface area contributed by atoms with Crippen molar-refractivity contribution in [3.05, 3.63) is 23.8 Å². The van der Waals surface area contributed by atoms with Crippen molar-refractivity contribution in [2.75, 3.05) is 25.2 Å². The molecule has 0 saturated carbocycles. The number of carbonyl (C=O) groups is 2. The van der Waals surface area contributed by atoms with Gasteiger partial charge in [0.25, 0.3) is 0 Å². The Bertz CT molecular complexity index is 448. The molecule has 0 aliphatic carbocycles. The van der Waals surface area contributed by atoms with Crippen LogP contribution in [0.4, 0.5) is 5.69 Å². The molecule has 5 nitrogen and oxygen atoms in total. The number of methoxy groups -OCH3 is 1.